The molecule has 5 heteroatoms. The van der Waals surface area contributed by atoms with E-state index < -0.39 is 5.76 Å². The SMILES string of the molecule is N#CCCn1c(=O)oc2ccc(Cl)cc21. The van der Waals surface area contributed by atoms with Crippen LogP contribution in [-0.4, -0.2) is 4.57 Å². The van der Waals surface area contributed by atoms with E-state index in [0.29, 0.717) is 22.7 Å². The summed E-state index contributed by atoms with van der Waals surface area (Å²) in [5.41, 5.74) is 1.12. The minimum absolute atomic E-state index is 0.265. The van der Waals surface area contributed by atoms with Gasteiger partial charge in [-0.3, -0.25) is 4.57 Å². The summed E-state index contributed by atoms with van der Waals surface area (Å²) in [6, 6.07) is 6.93. The molecular weight excluding hydrogens is 216 g/mol. The van der Waals surface area contributed by atoms with Gasteiger partial charge in [0.2, 0.25) is 0 Å². The molecule has 15 heavy (non-hydrogen) atoms. The molecule has 1 aromatic heterocycles. The lowest BCUT2D eigenvalue weighted by atomic mass is 10.3. The molecule has 76 valence electrons. The van der Waals surface area contributed by atoms with Gasteiger partial charge in [0.05, 0.1) is 18.0 Å². The van der Waals surface area contributed by atoms with Gasteiger partial charge < -0.3 is 4.42 Å². The first-order valence-electron chi connectivity index (χ1n) is 4.38. The monoisotopic (exact) mass is 222 g/mol. The molecular formula is C10H7ClN2O2. The van der Waals surface area contributed by atoms with E-state index in [1.165, 1.54) is 4.57 Å². The van der Waals surface area contributed by atoms with E-state index in [0.717, 1.165) is 0 Å². The van der Waals surface area contributed by atoms with Crippen molar-refractivity contribution in [2.24, 2.45) is 0 Å². The van der Waals surface area contributed by atoms with Crippen LogP contribution in [0.4, 0.5) is 0 Å². The standard InChI is InChI=1S/C10H7ClN2O2/c11-7-2-3-9-8(6-7)13(5-1-4-12)10(14)15-9/h2-3,6H,1,5H2. The largest absolute Gasteiger partial charge is 0.419 e. The van der Waals surface area contributed by atoms with Gasteiger partial charge in [0.25, 0.3) is 0 Å². The van der Waals surface area contributed by atoms with Crippen LogP contribution in [0.1, 0.15) is 6.42 Å². The molecule has 0 bridgehead atoms. The quantitative estimate of drug-likeness (QED) is 0.782. The van der Waals surface area contributed by atoms with Crippen molar-refractivity contribution in [3.8, 4) is 6.07 Å². The third-order valence-corrected chi connectivity index (χ3v) is 2.31. The second kappa shape index (κ2) is 3.79. The summed E-state index contributed by atoms with van der Waals surface area (Å²) >= 11 is 5.81. The number of aryl methyl sites for hydroxylation is 1. The maximum absolute atomic E-state index is 11.4. The maximum atomic E-state index is 11.4. The molecule has 0 aliphatic heterocycles. The van der Waals surface area contributed by atoms with E-state index in [-0.39, 0.29) is 6.42 Å². The van der Waals surface area contributed by atoms with Crippen LogP contribution < -0.4 is 5.76 Å². The fourth-order valence-corrected chi connectivity index (χ4v) is 1.58. The zero-order valence-electron chi connectivity index (χ0n) is 7.74. The number of aromatic nitrogens is 1. The van der Waals surface area contributed by atoms with Gasteiger partial charge in [0.15, 0.2) is 5.58 Å². The molecule has 0 unspecified atom stereocenters. The van der Waals surface area contributed by atoms with Gasteiger partial charge in [0, 0.05) is 11.6 Å². The van der Waals surface area contributed by atoms with E-state index in [1.54, 1.807) is 18.2 Å². The zero-order valence-corrected chi connectivity index (χ0v) is 8.49. The van der Waals surface area contributed by atoms with E-state index in [1.807, 2.05) is 6.07 Å². The molecule has 0 fully saturated rings. The summed E-state index contributed by atoms with van der Waals surface area (Å²) in [5.74, 6) is -0.456. The third-order valence-electron chi connectivity index (χ3n) is 2.08. The van der Waals surface area contributed by atoms with Crippen LogP contribution in [-0.2, 0) is 6.54 Å². The number of oxazole rings is 1. The Morgan fingerprint density at radius 3 is 3.07 bits per heavy atom. The Morgan fingerprint density at radius 1 is 1.53 bits per heavy atom. The Morgan fingerprint density at radius 2 is 2.33 bits per heavy atom. The third kappa shape index (κ3) is 1.74. The average Bonchev–Trinajstić information content (AvgIpc) is 2.51. The van der Waals surface area contributed by atoms with Crippen LogP contribution in [0, 0.1) is 11.3 Å². The normalized spacial score (nSPS) is 10.4. The van der Waals surface area contributed by atoms with Gasteiger partial charge in [-0.15, -0.1) is 0 Å². The van der Waals surface area contributed by atoms with Crippen molar-refractivity contribution in [1.29, 1.82) is 5.26 Å². The first-order valence-corrected chi connectivity index (χ1v) is 4.76. The van der Waals surface area contributed by atoms with Crippen LogP contribution >= 0.6 is 11.6 Å². The van der Waals surface area contributed by atoms with Gasteiger partial charge in [-0.2, -0.15) is 5.26 Å². The molecule has 0 radical (unpaired) electrons. The van der Waals surface area contributed by atoms with Crippen molar-refractivity contribution in [3.05, 3.63) is 33.8 Å². The van der Waals surface area contributed by atoms with E-state index in [2.05, 4.69) is 0 Å². The molecule has 1 heterocycles. The Bertz CT molecular complexity index is 591. The highest BCUT2D eigenvalue weighted by molar-refractivity contribution is 6.31. The minimum atomic E-state index is -0.456. The molecule has 0 spiro atoms. The van der Waals surface area contributed by atoms with E-state index in [9.17, 15) is 4.79 Å². The van der Waals surface area contributed by atoms with Gasteiger partial charge in [-0.1, -0.05) is 11.6 Å². The Labute approximate surface area is 90.3 Å². The van der Waals surface area contributed by atoms with Crippen LogP contribution in [0.5, 0.6) is 0 Å². The highest BCUT2D eigenvalue weighted by atomic mass is 35.5. The molecule has 0 N–H and O–H groups in total. The number of nitriles is 1. The molecule has 2 rings (SSSR count). The van der Waals surface area contributed by atoms with Crippen LogP contribution in [0.3, 0.4) is 0 Å². The molecule has 0 atom stereocenters. The van der Waals surface area contributed by atoms with Crippen LogP contribution in [0.25, 0.3) is 11.1 Å². The molecule has 0 amide bonds. The van der Waals surface area contributed by atoms with Crippen LogP contribution in [0.15, 0.2) is 27.4 Å². The summed E-state index contributed by atoms with van der Waals surface area (Å²) in [7, 11) is 0. The number of hydrogen-bond donors (Lipinski definition) is 0. The summed E-state index contributed by atoms with van der Waals surface area (Å²) < 4.78 is 6.40. The number of halogens is 1. The van der Waals surface area contributed by atoms with Crippen LogP contribution in [0.2, 0.25) is 5.02 Å². The lowest BCUT2D eigenvalue weighted by Gasteiger charge is -1.97. The smallest absolute Gasteiger partial charge is 0.408 e. The fourth-order valence-electron chi connectivity index (χ4n) is 1.41. The number of rotatable bonds is 2. The predicted octanol–water partition coefficient (Wildman–Crippen LogP) is 2.16. The van der Waals surface area contributed by atoms with Gasteiger partial charge in [0.1, 0.15) is 0 Å². The van der Waals surface area contributed by atoms with E-state index >= 15 is 0 Å². The molecule has 1 aromatic carbocycles. The summed E-state index contributed by atoms with van der Waals surface area (Å²) in [5, 5.41) is 9.00. The van der Waals surface area contributed by atoms with Gasteiger partial charge in [-0.05, 0) is 18.2 Å². The lowest BCUT2D eigenvalue weighted by Crippen LogP contribution is -2.13. The molecule has 0 aliphatic rings. The van der Waals surface area contributed by atoms with Crippen molar-refractivity contribution in [3.63, 3.8) is 0 Å². The highest BCUT2D eigenvalue weighted by Crippen LogP contribution is 2.18. The minimum Gasteiger partial charge on any atom is -0.408 e. The molecule has 0 saturated heterocycles. The maximum Gasteiger partial charge on any atom is 0.419 e. The van der Waals surface area contributed by atoms with Crippen molar-refractivity contribution >= 4 is 22.7 Å². The Kier molecular flexibility index (Phi) is 2.48. The van der Waals surface area contributed by atoms with Gasteiger partial charge >= 0.3 is 5.76 Å². The average molecular weight is 223 g/mol. The molecule has 2 aromatic rings. The second-order valence-corrected chi connectivity index (χ2v) is 3.48. The topological polar surface area (TPSA) is 58.9 Å². The lowest BCUT2D eigenvalue weighted by molar-refractivity contribution is 0.507. The Hall–Kier alpha value is -1.73. The number of nitrogens with zero attached hydrogens (tertiary/aromatic N) is 2. The van der Waals surface area contributed by atoms with Crippen molar-refractivity contribution < 1.29 is 4.42 Å². The summed E-state index contributed by atoms with van der Waals surface area (Å²) in [4.78, 5) is 11.4. The van der Waals surface area contributed by atoms with Crippen molar-refractivity contribution in [2.45, 2.75) is 13.0 Å². The predicted molar refractivity (Wildman–Crippen MR) is 55.7 cm³/mol. The first kappa shape index (κ1) is 9.81. The molecule has 0 saturated carbocycles. The fraction of sp³-hybridized carbons (Fsp3) is 0.200. The zero-order chi connectivity index (χ0) is 10.8. The number of hydrogen-bond acceptors (Lipinski definition) is 3. The van der Waals surface area contributed by atoms with Crippen molar-refractivity contribution in [1.82, 2.24) is 4.57 Å². The number of fused-ring (bicyclic) bond motifs is 1. The Balaban J connectivity index is 2.61. The number of benzene rings is 1. The van der Waals surface area contributed by atoms with E-state index in [4.69, 9.17) is 21.3 Å². The van der Waals surface area contributed by atoms with Gasteiger partial charge in [-0.25, -0.2) is 4.79 Å². The molecule has 4 nitrogen and oxygen atoms in total. The molecule has 0 aliphatic carbocycles. The summed E-state index contributed by atoms with van der Waals surface area (Å²) in [6.07, 6.45) is 0.265. The first-order chi connectivity index (χ1) is 7.22. The van der Waals surface area contributed by atoms with Crippen molar-refractivity contribution in [2.75, 3.05) is 0 Å². The highest BCUT2D eigenvalue weighted by Gasteiger charge is 2.08. The summed E-state index contributed by atoms with van der Waals surface area (Å²) in [6.45, 7) is 0.322. The second-order valence-electron chi connectivity index (χ2n) is 3.04.